The van der Waals surface area contributed by atoms with Crippen LogP contribution in [0.1, 0.15) is 16.8 Å². The number of halogens is 1. The Hall–Kier alpha value is -2.27. The number of benzene rings is 1. The first-order chi connectivity index (χ1) is 11.2. The number of carbonyl (C=O) groups excluding carboxylic acids is 1. The van der Waals surface area contributed by atoms with Gasteiger partial charge in [0.05, 0.1) is 19.0 Å². The van der Waals surface area contributed by atoms with E-state index in [-0.39, 0.29) is 0 Å². The lowest BCUT2D eigenvalue weighted by Crippen LogP contribution is -2.32. The van der Waals surface area contributed by atoms with Crippen LogP contribution in [0.15, 0.2) is 36.5 Å². The minimum atomic E-state index is -0.413. The summed E-state index contributed by atoms with van der Waals surface area (Å²) in [5.41, 5.74) is 3.13. The van der Waals surface area contributed by atoms with E-state index in [0.717, 1.165) is 23.4 Å². The molecule has 2 heterocycles. The van der Waals surface area contributed by atoms with Gasteiger partial charge in [-0.3, -0.25) is 9.78 Å². The van der Waals surface area contributed by atoms with E-state index in [9.17, 15) is 4.79 Å². The fraction of sp³-hybridized carbons (Fsp3) is 0.294. The first kappa shape index (κ1) is 15.6. The van der Waals surface area contributed by atoms with Crippen molar-refractivity contribution in [1.29, 1.82) is 0 Å². The Bertz CT molecular complexity index is 703. The minimum Gasteiger partial charge on any atom is -0.495 e. The number of amides is 1. The predicted molar refractivity (Wildman–Crippen MR) is 86.9 cm³/mol. The second-order valence-corrected chi connectivity index (χ2v) is 5.66. The van der Waals surface area contributed by atoms with Crippen molar-refractivity contribution >= 4 is 17.0 Å². The lowest BCUT2D eigenvalue weighted by Gasteiger charge is -2.27. The zero-order valence-corrected chi connectivity index (χ0v) is 13.5. The van der Waals surface area contributed by atoms with E-state index in [1.165, 1.54) is 5.56 Å². The van der Waals surface area contributed by atoms with Gasteiger partial charge in [0.15, 0.2) is 0 Å². The number of aromatic nitrogens is 1. The third-order valence-electron chi connectivity index (χ3n) is 3.86. The Morgan fingerprint density at radius 2 is 2.09 bits per heavy atom. The number of nitrogens with zero attached hydrogens (tertiary/aromatic N) is 2. The van der Waals surface area contributed by atoms with Gasteiger partial charge < -0.3 is 14.4 Å². The molecule has 3 rings (SSSR count). The largest absolute Gasteiger partial charge is 0.495 e. The van der Waals surface area contributed by atoms with Gasteiger partial charge in [-0.2, -0.15) is 0 Å². The average Bonchev–Trinajstić information content (AvgIpc) is 2.59. The molecule has 6 heteroatoms. The van der Waals surface area contributed by atoms with Crippen molar-refractivity contribution in [1.82, 2.24) is 9.88 Å². The average molecular weight is 333 g/mol. The first-order valence-corrected chi connectivity index (χ1v) is 7.71. The quantitative estimate of drug-likeness (QED) is 0.636. The van der Waals surface area contributed by atoms with Crippen LogP contribution in [0.4, 0.5) is 4.79 Å². The van der Waals surface area contributed by atoms with Crippen LogP contribution in [0, 0.1) is 0 Å². The molecule has 0 spiro atoms. The normalized spacial score (nSPS) is 13.4. The maximum Gasteiger partial charge on any atom is 0.316 e. The van der Waals surface area contributed by atoms with Gasteiger partial charge in [-0.15, -0.1) is 0 Å². The van der Waals surface area contributed by atoms with Gasteiger partial charge in [0.2, 0.25) is 0 Å². The fourth-order valence-corrected chi connectivity index (χ4v) is 2.69. The zero-order valence-electron chi connectivity index (χ0n) is 12.8. The van der Waals surface area contributed by atoms with Gasteiger partial charge in [-0.05, 0) is 53.4 Å². The number of ether oxygens (including phenoxy) is 2. The number of methoxy groups -OCH3 is 1. The second-order valence-electron chi connectivity index (χ2n) is 5.33. The van der Waals surface area contributed by atoms with Gasteiger partial charge in [0.25, 0.3) is 0 Å². The van der Waals surface area contributed by atoms with Gasteiger partial charge in [0, 0.05) is 13.1 Å². The molecule has 0 fully saturated rings. The molecule has 0 aliphatic carbocycles. The Labute approximate surface area is 139 Å². The van der Waals surface area contributed by atoms with Crippen LogP contribution in [0.3, 0.4) is 0 Å². The highest BCUT2D eigenvalue weighted by Gasteiger charge is 2.19. The third kappa shape index (κ3) is 3.74. The number of hydrogen-bond donors (Lipinski definition) is 0. The minimum absolute atomic E-state index is 0.376. The molecule has 23 heavy (non-hydrogen) atoms. The highest BCUT2D eigenvalue weighted by atomic mass is 35.5. The molecule has 0 bridgehead atoms. The van der Waals surface area contributed by atoms with Crippen molar-refractivity contribution < 1.29 is 14.3 Å². The highest BCUT2D eigenvalue weighted by molar-refractivity contribution is 6.62. The Morgan fingerprint density at radius 1 is 1.26 bits per heavy atom. The van der Waals surface area contributed by atoms with Crippen LogP contribution in [0.5, 0.6) is 11.5 Å². The van der Waals surface area contributed by atoms with Crippen molar-refractivity contribution in [3.8, 4) is 11.5 Å². The van der Waals surface area contributed by atoms with Crippen molar-refractivity contribution in [3.63, 3.8) is 0 Å². The Kier molecular flexibility index (Phi) is 4.67. The lowest BCUT2D eigenvalue weighted by molar-refractivity contribution is 0.216. The fourth-order valence-electron chi connectivity index (χ4n) is 2.55. The highest BCUT2D eigenvalue weighted by Crippen LogP contribution is 2.25. The molecular weight excluding hydrogens is 316 g/mol. The molecule has 120 valence electrons. The topological polar surface area (TPSA) is 51.7 Å². The summed E-state index contributed by atoms with van der Waals surface area (Å²) in [7, 11) is 1.61. The third-order valence-corrected chi connectivity index (χ3v) is 4.10. The molecule has 0 saturated heterocycles. The molecule has 0 N–H and O–H groups in total. The van der Waals surface area contributed by atoms with E-state index in [2.05, 4.69) is 4.98 Å². The standard InChI is InChI=1S/C17H17ClN2O3/c1-22-16-5-3-14(19-9-16)11-23-15-4-2-12-6-7-20(17(18)21)10-13(12)8-15/h2-5,8-9H,6-7,10-11H2,1H3. The smallest absolute Gasteiger partial charge is 0.316 e. The molecule has 1 aromatic carbocycles. The van der Waals surface area contributed by atoms with Crippen LogP contribution in [-0.2, 0) is 19.6 Å². The first-order valence-electron chi connectivity index (χ1n) is 7.33. The summed E-state index contributed by atoms with van der Waals surface area (Å²) >= 11 is 5.57. The summed E-state index contributed by atoms with van der Waals surface area (Å²) in [6.07, 6.45) is 2.48. The van der Waals surface area contributed by atoms with E-state index in [4.69, 9.17) is 21.1 Å². The van der Waals surface area contributed by atoms with Crippen molar-refractivity contribution in [2.45, 2.75) is 19.6 Å². The molecular formula is C17H17ClN2O3. The van der Waals surface area contributed by atoms with Crippen LogP contribution in [0.2, 0.25) is 0 Å². The SMILES string of the molecule is COc1ccc(COc2ccc3c(c2)CN(C(=O)Cl)CC3)nc1. The molecule has 1 aliphatic heterocycles. The van der Waals surface area contributed by atoms with Crippen LogP contribution in [0.25, 0.3) is 0 Å². The van der Waals surface area contributed by atoms with Crippen molar-refractivity contribution in [2.24, 2.45) is 0 Å². The van der Waals surface area contributed by atoms with E-state index >= 15 is 0 Å². The van der Waals surface area contributed by atoms with Crippen LogP contribution < -0.4 is 9.47 Å². The molecule has 0 saturated carbocycles. The van der Waals surface area contributed by atoms with Crippen molar-refractivity contribution in [3.05, 3.63) is 53.3 Å². The monoisotopic (exact) mass is 332 g/mol. The van der Waals surface area contributed by atoms with Crippen molar-refractivity contribution in [2.75, 3.05) is 13.7 Å². The summed E-state index contributed by atoms with van der Waals surface area (Å²) in [6, 6.07) is 9.67. The molecule has 0 unspecified atom stereocenters. The maximum absolute atomic E-state index is 11.3. The molecule has 2 aromatic rings. The summed E-state index contributed by atoms with van der Waals surface area (Å²) in [5, 5.41) is -0.413. The van der Waals surface area contributed by atoms with Crippen LogP contribution in [-0.4, -0.2) is 28.9 Å². The Balaban J connectivity index is 1.67. The number of pyridine rings is 1. The van der Waals surface area contributed by atoms with Gasteiger partial charge in [-0.1, -0.05) is 6.07 Å². The molecule has 0 atom stereocenters. The molecule has 1 aliphatic rings. The molecule has 1 aromatic heterocycles. The maximum atomic E-state index is 11.3. The molecule has 1 amide bonds. The van der Waals surface area contributed by atoms with Gasteiger partial charge >= 0.3 is 5.37 Å². The second kappa shape index (κ2) is 6.87. The number of fused-ring (bicyclic) bond motifs is 1. The zero-order chi connectivity index (χ0) is 16.2. The summed E-state index contributed by atoms with van der Waals surface area (Å²) in [5.74, 6) is 1.47. The van der Waals surface area contributed by atoms with E-state index in [1.54, 1.807) is 18.2 Å². The number of rotatable bonds is 4. The summed E-state index contributed by atoms with van der Waals surface area (Å²) in [4.78, 5) is 17.2. The van der Waals surface area contributed by atoms with Gasteiger partial charge in [0.1, 0.15) is 18.1 Å². The lowest BCUT2D eigenvalue weighted by atomic mass is 10.00. The van der Waals surface area contributed by atoms with E-state index < -0.39 is 5.37 Å². The molecule has 0 radical (unpaired) electrons. The van der Waals surface area contributed by atoms with Gasteiger partial charge in [-0.25, -0.2) is 0 Å². The summed E-state index contributed by atoms with van der Waals surface area (Å²) in [6.45, 7) is 1.56. The predicted octanol–water partition coefficient (Wildman–Crippen LogP) is 3.39. The van der Waals surface area contributed by atoms with Crippen LogP contribution >= 0.6 is 11.6 Å². The number of hydrogen-bond acceptors (Lipinski definition) is 4. The van der Waals surface area contributed by atoms with E-state index in [1.807, 2.05) is 30.3 Å². The Morgan fingerprint density at radius 3 is 2.78 bits per heavy atom. The molecule has 5 nitrogen and oxygen atoms in total. The number of carbonyl (C=O) groups is 1. The summed E-state index contributed by atoms with van der Waals surface area (Å²) < 4.78 is 10.9. The van der Waals surface area contributed by atoms with E-state index in [0.29, 0.717) is 25.4 Å².